The Hall–Kier alpha value is -1.04. The molecule has 2 rings (SSSR count). The number of hydrogen-bond acceptors (Lipinski definition) is 3. The maximum absolute atomic E-state index is 12.4. The molecule has 1 aliphatic rings. The van der Waals surface area contributed by atoms with Gasteiger partial charge in [0.05, 0.1) is 12.6 Å². The number of rotatable bonds is 6. The van der Waals surface area contributed by atoms with E-state index in [1.807, 2.05) is 30.3 Å². The van der Waals surface area contributed by atoms with Gasteiger partial charge in [-0.15, -0.1) is 0 Å². The number of β-amino-alcohol motifs (C(OH)–C–C–N with tert-alkyl or cyclic N) is 1. The van der Waals surface area contributed by atoms with E-state index in [1.54, 1.807) is 0 Å². The fraction of sp³-hybridized carbons (Fsp3) is 0.571. The number of aliphatic hydroxyl groups is 1. The van der Waals surface area contributed by atoms with Crippen molar-refractivity contribution in [1.82, 2.24) is 10.2 Å². The lowest BCUT2D eigenvalue weighted by molar-refractivity contribution is 0.135. The van der Waals surface area contributed by atoms with Crippen molar-refractivity contribution in [1.29, 1.82) is 0 Å². The summed E-state index contributed by atoms with van der Waals surface area (Å²) in [5.41, 5.74) is 1.00. The topological polar surface area (TPSA) is 35.5 Å². The van der Waals surface area contributed by atoms with Gasteiger partial charge in [-0.2, -0.15) is 0 Å². The molecule has 2 atom stereocenters. The van der Waals surface area contributed by atoms with E-state index in [0.29, 0.717) is 13.1 Å². The zero-order valence-electron chi connectivity index (χ0n) is 10.8. The van der Waals surface area contributed by atoms with E-state index in [4.69, 9.17) is 0 Å². The van der Waals surface area contributed by atoms with Gasteiger partial charge in [0.2, 0.25) is 0 Å². The Morgan fingerprint density at radius 2 is 2.05 bits per heavy atom. The number of alkyl halides is 2. The third-order valence-corrected chi connectivity index (χ3v) is 3.41. The number of nitrogens with zero attached hydrogens (tertiary/aromatic N) is 1. The van der Waals surface area contributed by atoms with Crippen LogP contribution in [-0.2, 0) is 0 Å². The Labute approximate surface area is 112 Å². The molecular weight excluding hydrogens is 250 g/mol. The highest BCUT2D eigenvalue weighted by Crippen LogP contribution is 2.18. The molecule has 5 heteroatoms. The van der Waals surface area contributed by atoms with Crippen LogP contribution >= 0.6 is 0 Å². The van der Waals surface area contributed by atoms with Crippen LogP contribution < -0.4 is 5.32 Å². The van der Waals surface area contributed by atoms with Crippen molar-refractivity contribution in [2.24, 2.45) is 0 Å². The van der Waals surface area contributed by atoms with Gasteiger partial charge in [0.25, 0.3) is 6.43 Å². The van der Waals surface area contributed by atoms with Crippen molar-refractivity contribution in [3.63, 3.8) is 0 Å². The first kappa shape index (κ1) is 14.4. The molecule has 0 saturated carbocycles. The number of benzene rings is 1. The van der Waals surface area contributed by atoms with Gasteiger partial charge in [0.15, 0.2) is 0 Å². The smallest absolute Gasteiger partial charge is 0.250 e. The van der Waals surface area contributed by atoms with E-state index in [2.05, 4.69) is 10.2 Å². The molecule has 1 unspecified atom stereocenters. The molecule has 0 amide bonds. The predicted molar refractivity (Wildman–Crippen MR) is 70.3 cm³/mol. The summed E-state index contributed by atoms with van der Waals surface area (Å²) in [6.07, 6.45) is -1.88. The fourth-order valence-corrected chi connectivity index (χ4v) is 2.44. The Morgan fingerprint density at radius 3 is 2.63 bits per heavy atom. The standard InChI is InChI=1S/C14H20F2N2O/c15-14(16)8-17-13(11-4-2-1-3-5-11)10-18-7-6-12(19)9-18/h1-5,12-14,17,19H,6-10H2/t12-,13?/m0/s1. The molecular formula is C14H20F2N2O. The van der Waals surface area contributed by atoms with Crippen molar-refractivity contribution in [3.8, 4) is 0 Å². The molecule has 1 fully saturated rings. The lowest BCUT2D eigenvalue weighted by Crippen LogP contribution is -2.36. The monoisotopic (exact) mass is 270 g/mol. The van der Waals surface area contributed by atoms with E-state index in [0.717, 1.165) is 18.5 Å². The average Bonchev–Trinajstić information content (AvgIpc) is 2.81. The molecule has 1 aromatic rings. The average molecular weight is 270 g/mol. The van der Waals surface area contributed by atoms with E-state index in [9.17, 15) is 13.9 Å². The largest absolute Gasteiger partial charge is 0.392 e. The zero-order valence-corrected chi connectivity index (χ0v) is 10.8. The van der Waals surface area contributed by atoms with Crippen LogP contribution in [0.4, 0.5) is 8.78 Å². The number of nitrogens with one attached hydrogen (secondary N) is 1. The van der Waals surface area contributed by atoms with Crippen LogP contribution in [0.15, 0.2) is 30.3 Å². The summed E-state index contributed by atoms with van der Waals surface area (Å²) in [5.74, 6) is 0. The minimum Gasteiger partial charge on any atom is -0.392 e. The summed E-state index contributed by atoms with van der Waals surface area (Å²) in [4.78, 5) is 2.11. The summed E-state index contributed by atoms with van der Waals surface area (Å²) >= 11 is 0. The molecule has 3 nitrogen and oxygen atoms in total. The lowest BCUT2D eigenvalue weighted by Gasteiger charge is -2.25. The van der Waals surface area contributed by atoms with Crippen molar-refractivity contribution in [2.45, 2.75) is 25.0 Å². The minimum atomic E-state index is -2.35. The molecule has 1 heterocycles. The molecule has 0 bridgehead atoms. The molecule has 0 radical (unpaired) electrons. The molecule has 19 heavy (non-hydrogen) atoms. The van der Waals surface area contributed by atoms with Gasteiger partial charge in [-0.3, -0.25) is 4.90 Å². The third-order valence-electron chi connectivity index (χ3n) is 3.41. The van der Waals surface area contributed by atoms with Crippen LogP contribution in [0.5, 0.6) is 0 Å². The Bertz CT molecular complexity index is 375. The van der Waals surface area contributed by atoms with E-state index in [-0.39, 0.29) is 18.7 Å². The first-order chi connectivity index (χ1) is 9.15. The van der Waals surface area contributed by atoms with Crippen LogP contribution in [0.2, 0.25) is 0 Å². The predicted octanol–water partition coefficient (Wildman–Crippen LogP) is 1.65. The SMILES string of the molecule is O[C@H]1CCN(CC(NCC(F)F)c2ccccc2)C1. The maximum Gasteiger partial charge on any atom is 0.250 e. The molecule has 0 aromatic heterocycles. The van der Waals surface area contributed by atoms with E-state index >= 15 is 0 Å². The number of halogens is 2. The van der Waals surface area contributed by atoms with Gasteiger partial charge in [0.1, 0.15) is 0 Å². The third kappa shape index (κ3) is 4.53. The molecule has 106 valence electrons. The fourth-order valence-electron chi connectivity index (χ4n) is 2.44. The molecule has 0 aliphatic carbocycles. The van der Waals surface area contributed by atoms with E-state index in [1.165, 1.54) is 0 Å². The van der Waals surface area contributed by atoms with Gasteiger partial charge in [-0.1, -0.05) is 30.3 Å². The second kappa shape index (κ2) is 6.93. The van der Waals surface area contributed by atoms with Crippen LogP contribution in [0.25, 0.3) is 0 Å². The second-order valence-electron chi connectivity index (χ2n) is 4.96. The molecule has 2 N–H and O–H groups in total. The number of hydrogen-bond donors (Lipinski definition) is 2. The summed E-state index contributed by atoms with van der Waals surface area (Å²) in [5, 5.41) is 12.4. The number of aliphatic hydroxyl groups excluding tert-OH is 1. The Balaban J connectivity index is 1.97. The van der Waals surface area contributed by atoms with Gasteiger partial charge < -0.3 is 10.4 Å². The van der Waals surface area contributed by atoms with Gasteiger partial charge in [-0.05, 0) is 12.0 Å². The van der Waals surface area contributed by atoms with Crippen molar-refractivity contribution < 1.29 is 13.9 Å². The van der Waals surface area contributed by atoms with Gasteiger partial charge in [0, 0.05) is 25.7 Å². The van der Waals surface area contributed by atoms with Crippen LogP contribution in [-0.4, -0.2) is 48.7 Å². The van der Waals surface area contributed by atoms with Crippen molar-refractivity contribution in [3.05, 3.63) is 35.9 Å². The highest BCUT2D eigenvalue weighted by molar-refractivity contribution is 5.19. The summed E-state index contributed by atoms with van der Waals surface area (Å²) < 4.78 is 24.7. The quantitative estimate of drug-likeness (QED) is 0.825. The molecule has 0 spiro atoms. The highest BCUT2D eigenvalue weighted by Gasteiger charge is 2.24. The summed E-state index contributed by atoms with van der Waals surface area (Å²) in [6, 6.07) is 9.48. The van der Waals surface area contributed by atoms with Gasteiger partial charge in [-0.25, -0.2) is 8.78 Å². The molecule has 1 aromatic carbocycles. The van der Waals surface area contributed by atoms with Crippen LogP contribution in [0, 0.1) is 0 Å². The van der Waals surface area contributed by atoms with Crippen molar-refractivity contribution >= 4 is 0 Å². The first-order valence-electron chi connectivity index (χ1n) is 6.62. The normalized spacial score (nSPS) is 22.0. The Kier molecular flexibility index (Phi) is 5.24. The number of likely N-dealkylation sites (tertiary alicyclic amines) is 1. The van der Waals surface area contributed by atoms with Crippen molar-refractivity contribution in [2.75, 3.05) is 26.2 Å². The Morgan fingerprint density at radius 1 is 1.32 bits per heavy atom. The zero-order chi connectivity index (χ0) is 13.7. The summed E-state index contributed by atoms with van der Waals surface area (Å²) in [7, 11) is 0. The molecule has 1 saturated heterocycles. The first-order valence-corrected chi connectivity index (χ1v) is 6.62. The molecule has 1 aliphatic heterocycles. The summed E-state index contributed by atoms with van der Waals surface area (Å²) in [6.45, 7) is 1.78. The lowest BCUT2D eigenvalue weighted by atomic mass is 10.1. The highest BCUT2D eigenvalue weighted by atomic mass is 19.3. The van der Waals surface area contributed by atoms with Crippen LogP contribution in [0.3, 0.4) is 0 Å². The minimum absolute atomic E-state index is 0.125. The van der Waals surface area contributed by atoms with Gasteiger partial charge >= 0.3 is 0 Å². The second-order valence-corrected chi connectivity index (χ2v) is 4.96. The van der Waals surface area contributed by atoms with Crippen LogP contribution in [0.1, 0.15) is 18.0 Å². The maximum atomic E-state index is 12.4. The van der Waals surface area contributed by atoms with E-state index < -0.39 is 6.43 Å².